The zero-order chi connectivity index (χ0) is 21.3. The summed E-state index contributed by atoms with van der Waals surface area (Å²) < 4.78 is 0. The minimum absolute atomic E-state index is 0.294. The maximum Gasteiger partial charge on any atom is 0.294 e. The van der Waals surface area contributed by atoms with E-state index < -0.39 is 17.1 Å². The molecule has 1 aliphatic rings. The van der Waals surface area contributed by atoms with E-state index in [1.165, 1.54) is 0 Å². The van der Waals surface area contributed by atoms with E-state index in [9.17, 15) is 14.4 Å². The summed E-state index contributed by atoms with van der Waals surface area (Å²) in [5.41, 5.74) is 2.24. The van der Waals surface area contributed by atoms with Crippen molar-refractivity contribution >= 4 is 63.0 Å². The number of rotatable bonds is 4. The summed E-state index contributed by atoms with van der Waals surface area (Å²) in [6.07, 6.45) is 1.70. The second kappa shape index (κ2) is 8.34. The lowest BCUT2D eigenvalue weighted by molar-refractivity contribution is -0.127. The number of carbonyl (C=O) groups is 3. The fourth-order valence-electron chi connectivity index (χ4n) is 3.17. The van der Waals surface area contributed by atoms with Crippen LogP contribution in [0.1, 0.15) is 11.1 Å². The number of amides is 3. The van der Waals surface area contributed by atoms with Gasteiger partial charge in [0.25, 0.3) is 11.1 Å². The summed E-state index contributed by atoms with van der Waals surface area (Å²) in [7, 11) is 0. The Bertz CT molecular complexity index is 1220. The van der Waals surface area contributed by atoms with Crippen LogP contribution in [-0.2, 0) is 9.59 Å². The molecule has 0 saturated carbocycles. The van der Waals surface area contributed by atoms with E-state index in [2.05, 4.69) is 5.32 Å². The monoisotopic (exact) mass is 436 g/mol. The van der Waals surface area contributed by atoms with Gasteiger partial charge in [0.05, 0.1) is 4.91 Å². The van der Waals surface area contributed by atoms with Gasteiger partial charge in [-0.3, -0.25) is 19.3 Å². The third-order valence-corrected chi connectivity index (χ3v) is 6.06. The Morgan fingerprint density at radius 2 is 1.87 bits per heavy atom. The van der Waals surface area contributed by atoms with E-state index in [0.29, 0.717) is 15.6 Å². The van der Waals surface area contributed by atoms with E-state index in [4.69, 9.17) is 11.6 Å². The van der Waals surface area contributed by atoms with E-state index >= 15 is 0 Å². The Kier molecular flexibility index (Phi) is 5.61. The number of aryl methyl sites for hydroxylation is 1. The Morgan fingerprint density at radius 1 is 1.10 bits per heavy atom. The second-order valence-corrected chi connectivity index (χ2v) is 8.25. The molecule has 3 aromatic carbocycles. The first-order chi connectivity index (χ1) is 14.4. The lowest BCUT2D eigenvalue weighted by Gasteiger charge is -2.13. The molecule has 3 aromatic rings. The molecule has 1 heterocycles. The molecule has 7 heteroatoms. The lowest BCUT2D eigenvalue weighted by atomic mass is 10.0. The average molecular weight is 437 g/mol. The molecule has 0 aliphatic carbocycles. The van der Waals surface area contributed by atoms with Crippen molar-refractivity contribution in [1.29, 1.82) is 0 Å². The molecule has 1 saturated heterocycles. The van der Waals surface area contributed by atoms with E-state index in [1.807, 2.05) is 49.4 Å². The number of benzene rings is 3. The van der Waals surface area contributed by atoms with Crippen molar-refractivity contribution in [2.24, 2.45) is 0 Å². The Balaban J connectivity index is 1.51. The van der Waals surface area contributed by atoms with Gasteiger partial charge in [0.2, 0.25) is 5.91 Å². The quantitative estimate of drug-likeness (QED) is 0.550. The van der Waals surface area contributed by atoms with Gasteiger partial charge in [0.15, 0.2) is 0 Å². The molecular weight excluding hydrogens is 420 g/mol. The van der Waals surface area contributed by atoms with Crippen molar-refractivity contribution in [3.8, 4) is 0 Å². The van der Waals surface area contributed by atoms with Crippen molar-refractivity contribution in [3.63, 3.8) is 0 Å². The second-order valence-electron chi connectivity index (χ2n) is 6.85. The van der Waals surface area contributed by atoms with Crippen molar-refractivity contribution in [1.82, 2.24) is 4.90 Å². The summed E-state index contributed by atoms with van der Waals surface area (Å²) in [5.74, 6) is -0.946. The highest BCUT2D eigenvalue weighted by atomic mass is 35.5. The van der Waals surface area contributed by atoms with Gasteiger partial charge < -0.3 is 5.32 Å². The molecule has 0 bridgehead atoms. The molecule has 0 atom stereocenters. The molecule has 0 aromatic heterocycles. The number of nitrogens with one attached hydrogen (secondary N) is 1. The summed E-state index contributed by atoms with van der Waals surface area (Å²) in [5, 5.41) is 4.75. The van der Waals surface area contributed by atoms with Crippen LogP contribution in [0.3, 0.4) is 0 Å². The fourth-order valence-corrected chi connectivity index (χ4v) is 4.18. The standard InChI is InChI=1S/C23H17ClN2O3S/c1-14-9-10-17(12-19(14)24)25-21(27)13-26-22(28)20(30-23(26)29)11-16-7-4-6-15-5-2-3-8-18(15)16/h2-12H,13H2,1H3,(H,25,27)/b20-11+. The number of hydrogen-bond acceptors (Lipinski definition) is 4. The van der Waals surface area contributed by atoms with Crippen LogP contribution in [0.2, 0.25) is 5.02 Å². The number of fused-ring (bicyclic) bond motifs is 1. The Hall–Kier alpha value is -3.09. The summed E-state index contributed by atoms with van der Waals surface area (Å²) >= 11 is 6.91. The highest BCUT2D eigenvalue weighted by Gasteiger charge is 2.36. The number of thioether (sulfide) groups is 1. The molecule has 3 amide bonds. The molecule has 0 spiro atoms. The third kappa shape index (κ3) is 4.10. The van der Waals surface area contributed by atoms with Crippen LogP contribution < -0.4 is 5.32 Å². The first-order valence-corrected chi connectivity index (χ1v) is 10.4. The number of imide groups is 1. The van der Waals surface area contributed by atoms with Gasteiger partial charge in [0.1, 0.15) is 6.54 Å². The number of halogens is 1. The molecule has 30 heavy (non-hydrogen) atoms. The minimum atomic E-state index is -0.477. The highest BCUT2D eigenvalue weighted by molar-refractivity contribution is 8.18. The van der Waals surface area contributed by atoms with Crippen molar-refractivity contribution in [2.45, 2.75) is 6.92 Å². The Morgan fingerprint density at radius 3 is 2.67 bits per heavy atom. The zero-order valence-electron chi connectivity index (χ0n) is 16.0. The van der Waals surface area contributed by atoms with E-state index in [0.717, 1.165) is 38.6 Å². The first-order valence-electron chi connectivity index (χ1n) is 9.21. The van der Waals surface area contributed by atoms with Crippen LogP contribution in [0.25, 0.3) is 16.8 Å². The van der Waals surface area contributed by atoms with Crippen LogP contribution in [0, 0.1) is 6.92 Å². The molecule has 4 rings (SSSR count). The molecule has 1 aliphatic heterocycles. The summed E-state index contributed by atoms with van der Waals surface area (Å²) in [4.78, 5) is 38.7. The van der Waals surface area contributed by atoms with Gasteiger partial charge in [-0.1, -0.05) is 60.1 Å². The fraction of sp³-hybridized carbons (Fsp3) is 0.0870. The third-order valence-electron chi connectivity index (χ3n) is 4.74. The van der Waals surface area contributed by atoms with Crippen LogP contribution in [0.5, 0.6) is 0 Å². The number of carbonyl (C=O) groups excluding carboxylic acids is 3. The van der Waals surface area contributed by atoms with Crippen molar-refractivity contribution in [2.75, 3.05) is 11.9 Å². The van der Waals surface area contributed by atoms with Crippen LogP contribution in [0.15, 0.2) is 65.6 Å². The molecule has 0 radical (unpaired) electrons. The van der Waals surface area contributed by atoms with Gasteiger partial charge >= 0.3 is 0 Å². The molecule has 5 nitrogen and oxygen atoms in total. The van der Waals surface area contributed by atoms with Gasteiger partial charge in [-0.25, -0.2) is 0 Å². The number of anilines is 1. The van der Waals surface area contributed by atoms with Crippen LogP contribution >= 0.6 is 23.4 Å². The number of hydrogen-bond donors (Lipinski definition) is 1. The molecule has 1 fully saturated rings. The van der Waals surface area contributed by atoms with E-state index in [1.54, 1.807) is 24.3 Å². The highest BCUT2D eigenvalue weighted by Crippen LogP contribution is 2.33. The van der Waals surface area contributed by atoms with Crippen molar-refractivity contribution in [3.05, 3.63) is 81.7 Å². The predicted octanol–water partition coefficient (Wildman–Crippen LogP) is 5.48. The molecule has 1 N–H and O–H groups in total. The lowest BCUT2D eigenvalue weighted by Crippen LogP contribution is -2.36. The molecular formula is C23H17ClN2O3S. The topological polar surface area (TPSA) is 66.5 Å². The first kappa shape index (κ1) is 20.2. The van der Waals surface area contributed by atoms with Crippen LogP contribution in [-0.4, -0.2) is 28.5 Å². The maximum absolute atomic E-state index is 12.8. The van der Waals surface area contributed by atoms with Gasteiger partial charge in [0, 0.05) is 10.7 Å². The SMILES string of the molecule is Cc1ccc(NC(=O)CN2C(=O)S/C(=C/c3cccc4ccccc34)C2=O)cc1Cl. The predicted molar refractivity (Wildman–Crippen MR) is 121 cm³/mol. The smallest absolute Gasteiger partial charge is 0.294 e. The summed E-state index contributed by atoms with van der Waals surface area (Å²) in [6, 6.07) is 18.7. The average Bonchev–Trinajstić information content (AvgIpc) is 2.98. The number of nitrogens with zero attached hydrogens (tertiary/aromatic N) is 1. The molecule has 150 valence electrons. The zero-order valence-corrected chi connectivity index (χ0v) is 17.6. The Labute approximate surface area is 182 Å². The largest absolute Gasteiger partial charge is 0.324 e. The van der Waals surface area contributed by atoms with Crippen LogP contribution in [0.4, 0.5) is 10.5 Å². The van der Waals surface area contributed by atoms with E-state index in [-0.39, 0.29) is 6.54 Å². The van der Waals surface area contributed by atoms with Gasteiger partial charge in [-0.15, -0.1) is 0 Å². The van der Waals surface area contributed by atoms with Crippen molar-refractivity contribution < 1.29 is 14.4 Å². The normalized spacial score (nSPS) is 15.3. The molecule has 0 unspecified atom stereocenters. The summed E-state index contributed by atoms with van der Waals surface area (Å²) in [6.45, 7) is 1.50. The maximum atomic E-state index is 12.8. The van der Waals surface area contributed by atoms with Gasteiger partial charge in [-0.05, 0) is 58.8 Å². The minimum Gasteiger partial charge on any atom is -0.324 e. The van der Waals surface area contributed by atoms with Gasteiger partial charge in [-0.2, -0.15) is 0 Å².